The predicted octanol–water partition coefficient (Wildman–Crippen LogP) is 2.91. The Balaban J connectivity index is 1.59. The fraction of sp³-hybridized carbons (Fsp3) is 0.412. The molecule has 1 saturated carbocycles. The third-order valence-corrected chi connectivity index (χ3v) is 5.42. The number of amides is 1. The first-order valence-corrected chi connectivity index (χ1v) is 8.72. The summed E-state index contributed by atoms with van der Waals surface area (Å²) < 4.78 is 10.7. The van der Waals surface area contributed by atoms with E-state index in [9.17, 15) is 4.79 Å². The van der Waals surface area contributed by atoms with Crippen molar-refractivity contribution in [2.24, 2.45) is 16.9 Å². The number of ether oxygens (including phenoxy) is 2. The van der Waals surface area contributed by atoms with E-state index in [1.165, 1.54) is 17.8 Å². The maximum atomic E-state index is 10.6. The zero-order valence-electron chi connectivity index (χ0n) is 13.4. The maximum absolute atomic E-state index is 10.6. The average molecular weight is 347 g/mol. The zero-order valence-corrected chi connectivity index (χ0v) is 14.2. The molecule has 1 aromatic heterocycles. The molecule has 0 bridgehead atoms. The Kier molecular flexibility index (Phi) is 5.01. The lowest BCUT2D eigenvalue weighted by molar-refractivity contribution is 0.0668. The second kappa shape index (κ2) is 7.19. The van der Waals surface area contributed by atoms with Crippen molar-refractivity contribution in [1.82, 2.24) is 4.98 Å². The highest BCUT2D eigenvalue weighted by Gasteiger charge is 2.36. The number of hydrogen-bond acceptors (Lipinski definition) is 6. The second-order valence-corrected chi connectivity index (χ2v) is 7.23. The number of benzene rings is 1. The molecule has 1 aliphatic rings. The summed E-state index contributed by atoms with van der Waals surface area (Å²) in [5.41, 5.74) is 12.0. The van der Waals surface area contributed by atoms with Crippen LogP contribution in [0.5, 0.6) is 5.75 Å². The van der Waals surface area contributed by atoms with Crippen LogP contribution in [0.4, 0.5) is 4.79 Å². The van der Waals surface area contributed by atoms with Gasteiger partial charge in [-0.25, -0.2) is 9.78 Å². The van der Waals surface area contributed by atoms with Crippen LogP contribution in [0.25, 0.3) is 10.6 Å². The van der Waals surface area contributed by atoms with Crippen LogP contribution in [0.1, 0.15) is 24.1 Å². The molecule has 0 radical (unpaired) electrons. The molecule has 0 atom stereocenters. The molecule has 6 nitrogen and oxygen atoms in total. The molecule has 0 spiro atoms. The van der Waals surface area contributed by atoms with Gasteiger partial charge in [-0.1, -0.05) is 6.42 Å². The SMILES string of the molecule is NCC1(COc2ccc(-c3ncc(COC(N)=O)s3)cc2)CCC1. The molecule has 2 aromatic rings. The monoisotopic (exact) mass is 347 g/mol. The van der Waals surface area contributed by atoms with Crippen LogP contribution in [0.2, 0.25) is 0 Å². The van der Waals surface area contributed by atoms with Gasteiger partial charge < -0.3 is 20.9 Å². The van der Waals surface area contributed by atoms with E-state index >= 15 is 0 Å². The number of nitrogens with zero attached hydrogens (tertiary/aromatic N) is 1. The summed E-state index contributed by atoms with van der Waals surface area (Å²) in [4.78, 5) is 15.8. The predicted molar refractivity (Wildman–Crippen MR) is 92.8 cm³/mol. The van der Waals surface area contributed by atoms with Crippen molar-refractivity contribution in [3.63, 3.8) is 0 Å². The summed E-state index contributed by atoms with van der Waals surface area (Å²) in [7, 11) is 0. The first-order chi connectivity index (χ1) is 11.6. The molecule has 0 aliphatic heterocycles. The number of thiazole rings is 1. The van der Waals surface area contributed by atoms with Gasteiger partial charge in [-0.05, 0) is 37.1 Å². The minimum Gasteiger partial charge on any atom is -0.493 e. The van der Waals surface area contributed by atoms with Gasteiger partial charge in [0, 0.05) is 23.7 Å². The molecule has 1 heterocycles. The van der Waals surface area contributed by atoms with Crippen LogP contribution >= 0.6 is 11.3 Å². The first-order valence-electron chi connectivity index (χ1n) is 7.90. The highest BCUT2D eigenvalue weighted by atomic mass is 32.1. The molecule has 4 N–H and O–H groups in total. The normalized spacial score (nSPS) is 15.5. The van der Waals surface area contributed by atoms with Crippen molar-refractivity contribution < 1.29 is 14.3 Å². The number of rotatable bonds is 7. The highest BCUT2D eigenvalue weighted by molar-refractivity contribution is 7.15. The van der Waals surface area contributed by atoms with Gasteiger partial charge in [0.15, 0.2) is 0 Å². The Morgan fingerprint density at radius 2 is 2.04 bits per heavy atom. The zero-order chi connectivity index (χ0) is 17.0. The molecule has 1 fully saturated rings. The summed E-state index contributed by atoms with van der Waals surface area (Å²) in [5, 5.41) is 0.863. The Morgan fingerprint density at radius 3 is 2.62 bits per heavy atom. The molecule has 1 aliphatic carbocycles. The number of carbonyl (C=O) groups is 1. The standard InChI is InChI=1S/C17H21N3O3S/c18-10-17(6-1-7-17)11-23-13-4-2-12(3-5-13)15-20-8-14(24-15)9-22-16(19)21/h2-5,8H,1,6-7,9-11,18H2,(H2,19,21). The lowest BCUT2D eigenvalue weighted by atomic mass is 9.69. The van der Waals surface area contributed by atoms with Crippen LogP contribution in [-0.2, 0) is 11.3 Å². The van der Waals surface area contributed by atoms with Gasteiger partial charge in [0.25, 0.3) is 0 Å². The number of aromatic nitrogens is 1. The van der Waals surface area contributed by atoms with Crippen molar-refractivity contribution in [3.8, 4) is 16.3 Å². The van der Waals surface area contributed by atoms with E-state index in [4.69, 9.17) is 20.9 Å². The minimum absolute atomic E-state index is 0.148. The van der Waals surface area contributed by atoms with Gasteiger partial charge in [0.1, 0.15) is 17.4 Å². The van der Waals surface area contributed by atoms with Gasteiger partial charge >= 0.3 is 6.09 Å². The Labute approximate surface area is 144 Å². The molecular formula is C17H21N3O3S. The molecule has 0 saturated heterocycles. The molecule has 1 amide bonds. The molecule has 128 valence electrons. The molecule has 1 aromatic carbocycles. The van der Waals surface area contributed by atoms with Crippen molar-refractivity contribution in [2.75, 3.05) is 13.2 Å². The molecule has 7 heteroatoms. The summed E-state index contributed by atoms with van der Waals surface area (Å²) in [6.45, 7) is 1.50. The summed E-state index contributed by atoms with van der Waals surface area (Å²) >= 11 is 1.47. The number of hydrogen-bond donors (Lipinski definition) is 2. The largest absolute Gasteiger partial charge is 0.493 e. The van der Waals surface area contributed by atoms with E-state index in [0.29, 0.717) is 13.2 Å². The van der Waals surface area contributed by atoms with Crippen LogP contribution in [0, 0.1) is 5.41 Å². The quantitative estimate of drug-likeness (QED) is 0.802. The summed E-state index contributed by atoms with van der Waals surface area (Å²) in [5.74, 6) is 0.840. The van der Waals surface area contributed by atoms with Gasteiger partial charge in [0.05, 0.1) is 11.5 Å². The Morgan fingerprint density at radius 1 is 1.29 bits per heavy atom. The van der Waals surface area contributed by atoms with Gasteiger partial charge in [0.2, 0.25) is 0 Å². The Hall–Kier alpha value is -2.12. The van der Waals surface area contributed by atoms with Crippen LogP contribution in [0.15, 0.2) is 30.5 Å². The highest BCUT2D eigenvalue weighted by Crippen LogP contribution is 2.40. The summed E-state index contributed by atoms with van der Waals surface area (Å²) in [6, 6.07) is 7.84. The van der Waals surface area contributed by atoms with Crippen molar-refractivity contribution >= 4 is 17.4 Å². The minimum atomic E-state index is -0.784. The molecular weight excluding hydrogens is 326 g/mol. The fourth-order valence-corrected chi connectivity index (χ4v) is 3.50. The van der Waals surface area contributed by atoms with Gasteiger partial charge in [-0.15, -0.1) is 11.3 Å². The van der Waals surface area contributed by atoms with E-state index in [-0.39, 0.29) is 12.0 Å². The van der Waals surface area contributed by atoms with E-state index in [2.05, 4.69) is 4.98 Å². The van der Waals surface area contributed by atoms with Crippen LogP contribution < -0.4 is 16.2 Å². The van der Waals surface area contributed by atoms with Crippen LogP contribution in [-0.4, -0.2) is 24.2 Å². The maximum Gasteiger partial charge on any atom is 0.404 e. The Bertz CT molecular complexity index is 690. The van der Waals surface area contributed by atoms with Crippen LogP contribution in [0.3, 0.4) is 0 Å². The van der Waals surface area contributed by atoms with Gasteiger partial charge in [-0.3, -0.25) is 0 Å². The average Bonchev–Trinajstić information content (AvgIpc) is 3.02. The van der Waals surface area contributed by atoms with E-state index < -0.39 is 6.09 Å². The fourth-order valence-electron chi connectivity index (χ4n) is 2.66. The smallest absolute Gasteiger partial charge is 0.404 e. The number of nitrogens with two attached hydrogens (primary N) is 2. The van der Waals surface area contributed by atoms with Crippen molar-refractivity contribution in [2.45, 2.75) is 25.9 Å². The van der Waals surface area contributed by atoms with E-state index in [0.717, 1.165) is 34.0 Å². The second-order valence-electron chi connectivity index (χ2n) is 6.11. The topological polar surface area (TPSA) is 100 Å². The lowest BCUT2D eigenvalue weighted by Gasteiger charge is -2.40. The van der Waals surface area contributed by atoms with E-state index in [1.54, 1.807) is 6.20 Å². The molecule has 24 heavy (non-hydrogen) atoms. The van der Waals surface area contributed by atoms with Gasteiger partial charge in [-0.2, -0.15) is 0 Å². The third kappa shape index (κ3) is 3.85. The first kappa shape index (κ1) is 16.7. The van der Waals surface area contributed by atoms with E-state index in [1.807, 2.05) is 24.3 Å². The van der Waals surface area contributed by atoms with Crippen molar-refractivity contribution in [1.29, 1.82) is 0 Å². The number of primary amides is 1. The lowest BCUT2D eigenvalue weighted by Crippen LogP contribution is -2.42. The summed E-state index contributed by atoms with van der Waals surface area (Å²) in [6.07, 6.45) is 4.45. The number of carbonyl (C=O) groups excluding carboxylic acids is 1. The molecule has 0 unspecified atom stereocenters. The third-order valence-electron chi connectivity index (χ3n) is 4.40. The molecule has 3 rings (SSSR count). The van der Waals surface area contributed by atoms with Crippen molar-refractivity contribution in [3.05, 3.63) is 35.3 Å².